The lowest BCUT2D eigenvalue weighted by molar-refractivity contribution is -0.138. The molecule has 130 valence electrons. The summed E-state index contributed by atoms with van der Waals surface area (Å²) in [5.41, 5.74) is 0.595. The zero-order valence-corrected chi connectivity index (χ0v) is 13.5. The molecule has 1 aliphatic rings. The minimum atomic E-state index is -4.44. The molecule has 0 spiro atoms. The van der Waals surface area contributed by atoms with Gasteiger partial charge in [-0.1, -0.05) is 0 Å². The van der Waals surface area contributed by atoms with Gasteiger partial charge in [0, 0.05) is 18.6 Å². The Morgan fingerprint density at radius 1 is 1.17 bits per heavy atom. The van der Waals surface area contributed by atoms with Gasteiger partial charge in [0.05, 0.1) is 23.0 Å². The van der Waals surface area contributed by atoms with Crippen LogP contribution < -0.4 is 5.32 Å². The van der Waals surface area contributed by atoms with E-state index in [0.717, 1.165) is 44.0 Å². The van der Waals surface area contributed by atoms with Crippen LogP contribution in [0.5, 0.6) is 0 Å². The molecule has 6 nitrogen and oxygen atoms in total. The molecule has 1 fully saturated rings. The first kappa shape index (κ1) is 16.7. The van der Waals surface area contributed by atoms with Crippen LogP contribution in [0.4, 0.5) is 24.8 Å². The SMILES string of the molecule is Cc1nn(C2CCN(C)CC2)cc1Nc1ncc(C(F)(F)F)cn1. The van der Waals surface area contributed by atoms with Crippen LogP contribution >= 0.6 is 0 Å². The van der Waals surface area contributed by atoms with Gasteiger partial charge in [-0.05, 0) is 39.9 Å². The number of nitrogens with one attached hydrogen (secondary N) is 1. The van der Waals surface area contributed by atoms with Gasteiger partial charge in [-0.3, -0.25) is 4.68 Å². The molecule has 3 heterocycles. The summed E-state index contributed by atoms with van der Waals surface area (Å²) in [4.78, 5) is 9.73. The molecule has 2 aromatic rings. The van der Waals surface area contributed by atoms with Crippen LogP contribution in [0.2, 0.25) is 0 Å². The Bertz CT molecular complexity index is 686. The third kappa shape index (κ3) is 3.66. The molecule has 1 aliphatic heterocycles. The molecular formula is C15H19F3N6. The Balaban J connectivity index is 1.71. The van der Waals surface area contributed by atoms with Crippen molar-refractivity contribution in [2.75, 3.05) is 25.5 Å². The van der Waals surface area contributed by atoms with Crippen molar-refractivity contribution in [3.8, 4) is 0 Å². The molecule has 3 rings (SSSR count). The fourth-order valence-electron chi connectivity index (χ4n) is 2.71. The van der Waals surface area contributed by atoms with Gasteiger partial charge in [-0.15, -0.1) is 0 Å². The second kappa shape index (κ2) is 6.39. The van der Waals surface area contributed by atoms with Crippen LogP contribution in [0.3, 0.4) is 0 Å². The maximum Gasteiger partial charge on any atom is 0.419 e. The van der Waals surface area contributed by atoms with E-state index in [1.54, 1.807) is 0 Å². The van der Waals surface area contributed by atoms with E-state index in [1.807, 2.05) is 17.8 Å². The predicted octanol–water partition coefficient (Wildman–Crippen LogP) is 3.01. The number of anilines is 2. The predicted molar refractivity (Wildman–Crippen MR) is 83.0 cm³/mol. The van der Waals surface area contributed by atoms with Crippen molar-refractivity contribution in [2.24, 2.45) is 0 Å². The smallest absolute Gasteiger partial charge is 0.321 e. The summed E-state index contributed by atoms with van der Waals surface area (Å²) >= 11 is 0. The first-order chi connectivity index (χ1) is 11.3. The largest absolute Gasteiger partial charge is 0.419 e. The van der Waals surface area contributed by atoms with E-state index in [4.69, 9.17) is 0 Å². The van der Waals surface area contributed by atoms with Crippen molar-refractivity contribution in [1.82, 2.24) is 24.6 Å². The fraction of sp³-hybridized carbons (Fsp3) is 0.533. The Labute approximate surface area is 137 Å². The number of nitrogens with zero attached hydrogens (tertiary/aromatic N) is 5. The van der Waals surface area contributed by atoms with Crippen LogP contribution in [-0.2, 0) is 6.18 Å². The van der Waals surface area contributed by atoms with Gasteiger partial charge >= 0.3 is 6.18 Å². The second-order valence-corrected chi connectivity index (χ2v) is 6.06. The average Bonchev–Trinajstić information content (AvgIpc) is 2.89. The number of rotatable bonds is 3. The van der Waals surface area contributed by atoms with Crippen LogP contribution in [0.25, 0.3) is 0 Å². The Morgan fingerprint density at radius 3 is 2.38 bits per heavy atom. The maximum atomic E-state index is 12.5. The van der Waals surface area contributed by atoms with Gasteiger partial charge < -0.3 is 10.2 Å². The Hall–Kier alpha value is -2.16. The average molecular weight is 340 g/mol. The number of aromatic nitrogens is 4. The maximum absolute atomic E-state index is 12.5. The fourth-order valence-corrected chi connectivity index (χ4v) is 2.71. The van der Waals surface area contributed by atoms with Crippen molar-refractivity contribution in [3.05, 3.63) is 29.8 Å². The van der Waals surface area contributed by atoms with E-state index in [-0.39, 0.29) is 5.95 Å². The number of halogens is 3. The molecule has 2 aromatic heterocycles. The molecule has 0 bridgehead atoms. The van der Waals surface area contributed by atoms with E-state index in [0.29, 0.717) is 11.7 Å². The number of piperidine rings is 1. The third-order valence-electron chi connectivity index (χ3n) is 4.20. The summed E-state index contributed by atoms with van der Waals surface area (Å²) in [6.07, 6.45) is 1.01. The zero-order valence-electron chi connectivity index (χ0n) is 13.5. The van der Waals surface area contributed by atoms with Gasteiger partial charge in [0.15, 0.2) is 0 Å². The lowest BCUT2D eigenvalue weighted by Gasteiger charge is -2.28. The first-order valence-corrected chi connectivity index (χ1v) is 7.73. The first-order valence-electron chi connectivity index (χ1n) is 7.73. The number of alkyl halides is 3. The van der Waals surface area contributed by atoms with Gasteiger partial charge in [0.1, 0.15) is 0 Å². The van der Waals surface area contributed by atoms with Crippen molar-refractivity contribution in [2.45, 2.75) is 32.0 Å². The van der Waals surface area contributed by atoms with Gasteiger partial charge in [-0.25, -0.2) is 9.97 Å². The van der Waals surface area contributed by atoms with Gasteiger partial charge in [0.2, 0.25) is 5.95 Å². The van der Waals surface area contributed by atoms with E-state index in [1.165, 1.54) is 0 Å². The Morgan fingerprint density at radius 2 is 1.79 bits per heavy atom. The monoisotopic (exact) mass is 340 g/mol. The van der Waals surface area contributed by atoms with E-state index in [2.05, 4.69) is 32.3 Å². The molecule has 1 N–H and O–H groups in total. The molecule has 24 heavy (non-hydrogen) atoms. The zero-order chi connectivity index (χ0) is 17.3. The number of hydrogen-bond donors (Lipinski definition) is 1. The standard InChI is InChI=1S/C15H19F3N6/c1-10-13(9-24(22-10)12-3-5-23(2)6-4-12)21-14-19-7-11(8-20-14)15(16,17)18/h7-9,12H,3-6H2,1-2H3,(H,19,20,21). The minimum Gasteiger partial charge on any atom is -0.321 e. The van der Waals surface area contributed by atoms with Crippen LogP contribution in [0, 0.1) is 6.92 Å². The molecule has 0 saturated carbocycles. The van der Waals surface area contributed by atoms with Crippen molar-refractivity contribution >= 4 is 11.6 Å². The normalized spacial score (nSPS) is 17.2. The highest BCUT2D eigenvalue weighted by Crippen LogP contribution is 2.29. The molecule has 0 aromatic carbocycles. The molecule has 0 unspecified atom stereocenters. The minimum absolute atomic E-state index is 0.119. The summed E-state index contributed by atoms with van der Waals surface area (Å²) in [5, 5.41) is 7.45. The van der Waals surface area contributed by atoms with Crippen LogP contribution in [0.15, 0.2) is 18.6 Å². The van der Waals surface area contributed by atoms with Crippen molar-refractivity contribution in [1.29, 1.82) is 0 Å². The topological polar surface area (TPSA) is 58.9 Å². The molecule has 0 amide bonds. The highest BCUT2D eigenvalue weighted by Gasteiger charge is 2.31. The van der Waals surface area contributed by atoms with Crippen molar-refractivity contribution < 1.29 is 13.2 Å². The van der Waals surface area contributed by atoms with E-state index >= 15 is 0 Å². The van der Waals surface area contributed by atoms with E-state index < -0.39 is 11.7 Å². The van der Waals surface area contributed by atoms with Crippen LogP contribution in [0.1, 0.15) is 30.1 Å². The molecule has 0 radical (unpaired) electrons. The number of likely N-dealkylation sites (tertiary alicyclic amines) is 1. The summed E-state index contributed by atoms with van der Waals surface area (Å²) < 4.78 is 39.5. The number of hydrogen-bond acceptors (Lipinski definition) is 5. The lowest BCUT2D eigenvalue weighted by atomic mass is 10.1. The van der Waals surface area contributed by atoms with Gasteiger partial charge in [0.25, 0.3) is 0 Å². The summed E-state index contributed by atoms with van der Waals surface area (Å²) in [5.74, 6) is 0.119. The molecule has 1 saturated heterocycles. The van der Waals surface area contributed by atoms with Crippen LogP contribution in [-0.4, -0.2) is 44.8 Å². The highest BCUT2D eigenvalue weighted by atomic mass is 19.4. The number of aryl methyl sites for hydroxylation is 1. The lowest BCUT2D eigenvalue weighted by Crippen LogP contribution is -2.31. The summed E-state index contributed by atoms with van der Waals surface area (Å²) in [6.45, 7) is 3.89. The highest BCUT2D eigenvalue weighted by molar-refractivity contribution is 5.54. The summed E-state index contributed by atoms with van der Waals surface area (Å²) in [7, 11) is 2.10. The molecule has 9 heteroatoms. The molecule has 0 atom stereocenters. The quantitative estimate of drug-likeness (QED) is 0.931. The van der Waals surface area contributed by atoms with Crippen molar-refractivity contribution in [3.63, 3.8) is 0 Å². The molecule has 0 aliphatic carbocycles. The molecular weight excluding hydrogens is 321 g/mol. The third-order valence-corrected chi connectivity index (χ3v) is 4.20. The Kier molecular flexibility index (Phi) is 4.44. The summed E-state index contributed by atoms with van der Waals surface area (Å²) in [6, 6.07) is 0.337. The van der Waals surface area contributed by atoms with Gasteiger partial charge in [-0.2, -0.15) is 18.3 Å². The second-order valence-electron chi connectivity index (χ2n) is 6.06. The van der Waals surface area contributed by atoms with E-state index in [9.17, 15) is 13.2 Å².